The lowest BCUT2D eigenvalue weighted by molar-refractivity contribution is -0.113. The van der Waals surface area contributed by atoms with Gasteiger partial charge in [-0.1, -0.05) is 24.6 Å². The minimum atomic E-state index is -3.57. The van der Waals surface area contributed by atoms with E-state index in [-0.39, 0.29) is 11.7 Å². The molecule has 1 aromatic rings. The first-order valence-electron chi connectivity index (χ1n) is 7.04. The van der Waals surface area contributed by atoms with E-state index in [1.165, 1.54) is 0 Å². The lowest BCUT2D eigenvalue weighted by atomic mass is 10.1. The number of nitrogens with one attached hydrogen (secondary N) is 1. The van der Waals surface area contributed by atoms with Crippen molar-refractivity contribution in [3.8, 4) is 0 Å². The summed E-state index contributed by atoms with van der Waals surface area (Å²) in [7, 11) is -3.57. The Kier molecular flexibility index (Phi) is 5.14. The van der Waals surface area contributed by atoms with E-state index < -0.39 is 10.0 Å². The molecule has 21 heavy (non-hydrogen) atoms. The molecule has 0 radical (unpaired) electrons. The Morgan fingerprint density at radius 1 is 1.24 bits per heavy atom. The summed E-state index contributed by atoms with van der Waals surface area (Å²) in [6.07, 6.45) is 7.04. The van der Waals surface area contributed by atoms with Gasteiger partial charge >= 0.3 is 0 Å². The summed E-state index contributed by atoms with van der Waals surface area (Å²) in [5, 5.41) is 7.85. The molecule has 0 saturated heterocycles. The number of benzene rings is 1. The first kappa shape index (κ1) is 15.7. The molecule has 0 atom stereocenters. The SMILES string of the molecule is NS(=O)(=O)Cc1cccc(NC(=O)C2=CCCCCC2)c1. The summed E-state index contributed by atoms with van der Waals surface area (Å²) in [5.41, 5.74) is 1.96. The van der Waals surface area contributed by atoms with E-state index in [9.17, 15) is 13.2 Å². The summed E-state index contributed by atoms with van der Waals surface area (Å²) in [4.78, 5) is 12.2. The van der Waals surface area contributed by atoms with Gasteiger partial charge in [-0.15, -0.1) is 0 Å². The van der Waals surface area contributed by atoms with Crippen LogP contribution in [-0.4, -0.2) is 14.3 Å². The molecule has 0 heterocycles. The zero-order valence-electron chi connectivity index (χ0n) is 11.8. The van der Waals surface area contributed by atoms with Gasteiger partial charge in [0.25, 0.3) is 5.91 Å². The zero-order chi connectivity index (χ0) is 15.3. The van der Waals surface area contributed by atoms with E-state index in [0.717, 1.165) is 37.7 Å². The first-order chi connectivity index (χ1) is 9.94. The quantitative estimate of drug-likeness (QED) is 0.894. The van der Waals surface area contributed by atoms with Gasteiger partial charge in [0.15, 0.2) is 0 Å². The Hall–Kier alpha value is -1.66. The number of amides is 1. The van der Waals surface area contributed by atoms with Crippen molar-refractivity contribution in [2.75, 3.05) is 5.32 Å². The van der Waals surface area contributed by atoms with Crippen molar-refractivity contribution < 1.29 is 13.2 Å². The van der Waals surface area contributed by atoms with Crippen molar-refractivity contribution in [2.24, 2.45) is 5.14 Å². The highest BCUT2D eigenvalue weighted by Gasteiger charge is 2.12. The van der Waals surface area contributed by atoms with E-state index >= 15 is 0 Å². The molecule has 0 spiro atoms. The van der Waals surface area contributed by atoms with Gasteiger partial charge in [-0.25, -0.2) is 13.6 Å². The number of sulfonamides is 1. The predicted octanol–water partition coefficient (Wildman–Crippen LogP) is 2.30. The summed E-state index contributed by atoms with van der Waals surface area (Å²) in [6, 6.07) is 6.75. The van der Waals surface area contributed by atoms with Gasteiger partial charge in [0.05, 0.1) is 5.75 Å². The number of rotatable bonds is 4. The van der Waals surface area contributed by atoms with Crippen LogP contribution in [0, 0.1) is 0 Å². The van der Waals surface area contributed by atoms with E-state index in [1.807, 2.05) is 6.08 Å². The lowest BCUT2D eigenvalue weighted by Gasteiger charge is -2.09. The number of carbonyl (C=O) groups is 1. The summed E-state index contributed by atoms with van der Waals surface area (Å²) < 4.78 is 22.2. The largest absolute Gasteiger partial charge is 0.322 e. The molecule has 1 amide bonds. The van der Waals surface area contributed by atoms with Crippen LogP contribution in [0.25, 0.3) is 0 Å². The number of hydrogen-bond donors (Lipinski definition) is 2. The number of hydrogen-bond acceptors (Lipinski definition) is 3. The van der Waals surface area contributed by atoms with E-state index in [4.69, 9.17) is 5.14 Å². The van der Waals surface area contributed by atoms with E-state index in [0.29, 0.717) is 11.3 Å². The molecule has 3 N–H and O–H groups in total. The molecule has 6 heteroatoms. The highest BCUT2D eigenvalue weighted by molar-refractivity contribution is 7.88. The van der Waals surface area contributed by atoms with Crippen LogP contribution >= 0.6 is 0 Å². The minimum Gasteiger partial charge on any atom is -0.322 e. The number of carbonyl (C=O) groups excluding carboxylic acids is 1. The molecule has 114 valence electrons. The molecule has 0 aromatic heterocycles. The number of primary sulfonamides is 1. The van der Waals surface area contributed by atoms with Crippen LogP contribution in [0.5, 0.6) is 0 Å². The van der Waals surface area contributed by atoms with E-state index in [1.54, 1.807) is 24.3 Å². The van der Waals surface area contributed by atoms with Crippen LogP contribution in [0.1, 0.15) is 37.7 Å². The van der Waals surface area contributed by atoms with Crippen molar-refractivity contribution in [3.63, 3.8) is 0 Å². The Bertz CT molecular complexity index is 651. The fraction of sp³-hybridized carbons (Fsp3) is 0.400. The Morgan fingerprint density at radius 3 is 2.81 bits per heavy atom. The zero-order valence-corrected chi connectivity index (χ0v) is 12.7. The predicted molar refractivity (Wildman–Crippen MR) is 83.1 cm³/mol. The van der Waals surface area contributed by atoms with Gasteiger partial charge < -0.3 is 5.32 Å². The number of anilines is 1. The van der Waals surface area contributed by atoms with Gasteiger partial charge in [0, 0.05) is 11.3 Å². The van der Waals surface area contributed by atoms with Crippen LogP contribution < -0.4 is 10.5 Å². The third kappa shape index (κ3) is 5.32. The Morgan fingerprint density at radius 2 is 2.05 bits per heavy atom. The highest BCUT2D eigenvalue weighted by atomic mass is 32.2. The van der Waals surface area contributed by atoms with Crippen molar-refractivity contribution in [2.45, 2.75) is 37.9 Å². The molecule has 0 unspecified atom stereocenters. The topological polar surface area (TPSA) is 89.3 Å². The molecular weight excluding hydrogens is 288 g/mol. The summed E-state index contributed by atoms with van der Waals surface area (Å²) in [5.74, 6) is -0.343. The van der Waals surface area contributed by atoms with Gasteiger partial charge in [0.2, 0.25) is 10.0 Å². The lowest BCUT2D eigenvalue weighted by Crippen LogP contribution is -2.16. The second-order valence-corrected chi connectivity index (χ2v) is 6.90. The standard InChI is InChI=1S/C15H20N2O3S/c16-21(19,20)11-12-6-5-9-14(10-12)17-15(18)13-7-3-1-2-4-8-13/h5-7,9-10H,1-4,8,11H2,(H,17,18)(H2,16,19,20). The molecule has 1 aliphatic rings. The van der Waals surface area contributed by atoms with Crippen LogP contribution in [-0.2, 0) is 20.6 Å². The van der Waals surface area contributed by atoms with E-state index in [2.05, 4.69) is 5.32 Å². The number of nitrogens with two attached hydrogens (primary N) is 1. The highest BCUT2D eigenvalue weighted by Crippen LogP contribution is 2.19. The molecule has 0 aliphatic heterocycles. The van der Waals surface area contributed by atoms with Gasteiger partial charge in [-0.05, 0) is 43.4 Å². The number of allylic oxidation sites excluding steroid dienone is 1. The average molecular weight is 308 g/mol. The Balaban J connectivity index is 2.07. The van der Waals surface area contributed by atoms with Crippen LogP contribution in [0.3, 0.4) is 0 Å². The van der Waals surface area contributed by atoms with Crippen molar-refractivity contribution in [1.29, 1.82) is 0 Å². The third-order valence-electron chi connectivity index (χ3n) is 3.39. The maximum atomic E-state index is 12.2. The molecule has 1 aliphatic carbocycles. The average Bonchev–Trinajstić information content (AvgIpc) is 2.65. The summed E-state index contributed by atoms with van der Waals surface area (Å²) in [6.45, 7) is 0. The van der Waals surface area contributed by atoms with Gasteiger partial charge in [0.1, 0.15) is 0 Å². The van der Waals surface area contributed by atoms with Crippen LogP contribution in [0.15, 0.2) is 35.9 Å². The van der Waals surface area contributed by atoms with Crippen molar-refractivity contribution in [3.05, 3.63) is 41.5 Å². The maximum Gasteiger partial charge on any atom is 0.251 e. The second-order valence-electron chi connectivity index (χ2n) is 5.29. The van der Waals surface area contributed by atoms with Crippen molar-refractivity contribution >= 4 is 21.6 Å². The first-order valence-corrected chi connectivity index (χ1v) is 8.75. The molecule has 0 fully saturated rings. The fourth-order valence-electron chi connectivity index (χ4n) is 2.40. The third-order valence-corrected chi connectivity index (χ3v) is 4.12. The van der Waals surface area contributed by atoms with Gasteiger partial charge in [-0.2, -0.15) is 0 Å². The van der Waals surface area contributed by atoms with Gasteiger partial charge in [-0.3, -0.25) is 4.79 Å². The molecule has 0 bridgehead atoms. The van der Waals surface area contributed by atoms with Crippen LogP contribution in [0.4, 0.5) is 5.69 Å². The molecule has 2 rings (SSSR count). The second kappa shape index (κ2) is 6.87. The summed E-state index contributed by atoms with van der Waals surface area (Å²) >= 11 is 0. The van der Waals surface area contributed by atoms with Crippen LogP contribution in [0.2, 0.25) is 0 Å². The Labute approximate surface area is 125 Å². The monoisotopic (exact) mass is 308 g/mol. The molecule has 0 saturated carbocycles. The molecule has 1 aromatic carbocycles. The normalized spacial score (nSPS) is 16.0. The molecule has 5 nitrogen and oxygen atoms in total. The molecular formula is C15H20N2O3S. The minimum absolute atomic E-state index is 0.107. The maximum absolute atomic E-state index is 12.2. The fourth-order valence-corrected chi connectivity index (χ4v) is 3.05. The smallest absolute Gasteiger partial charge is 0.251 e. The van der Waals surface area contributed by atoms with Crippen molar-refractivity contribution in [1.82, 2.24) is 0 Å².